The minimum atomic E-state index is -4.28. The standard InChI is InChI=1S/C22H25F3N4/c23-22(24,25)19-8-2-1-7-18(19)17-11-15-28(16-12-17)13-5-6-14-29-21-10-4-3-9-20(21)26-27-29/h1-4,7-10,17H,5-6,11-16H2. The molecule has 0 bridgehead atoms. The minimum Gasteiger partial charge on any atom is -0.303 e. The summed E-state index contributed by atoms with van der Waals surface area (Å²) in [6, 6.07) is 14.0. The lowest BCUT2D eigenvalue weighted by Crippen LogP contribution is -2.34. The van der Waals surface area contributed by atoms with Crippen LogP contribution >= 0.6 is 0 Å². The monoisotopic (exact) mass is 402 g/mol. The smallest absolute Gasteiger partial charge is 0.303 e. The van der Waals surface area contributed by atoms with E-state index in [2.05, 4.69) is 15.2 Å². The lowest BCUT2D eigenvalue weighted by Gasteiger charge is -2.33. The van der Waals surface area contributed by atoms with E-state index in [1.54, 1.807) is 12.1 Å². The average Bonchev–Trinajstić information content (AvgIpc) is 3.14. The number of hydrogen-bond acceptors (Lipinski definition) is 3. The van der Waals surface area contributed by atoms with Gasteiger partial charge in [0.05, 0.1) is 11.1 Å². The number of aryl methyl sites for hydroxylation is 1. The first-order valence-electron chi connectivity index (χ1n) is 10.2. The number of piperidine rings is 1. The number of alkyl halides is 3. The number of para-hydroxylation sites is 1. The maximum atomic E-state index is 13.3. The highest BCUT2D eigenvalue weighted by Crippen LogP contribution is 2.38. The van der Waals surface area contributed by atoms with Gasteiger partial charge in [-0.25, -0.2) is 4.68 Å². The number of aromatic nitrogens is 3. The first-order chi connectivity index (χ1) is 14.0. The second kappa shape index (κ2) is 8.53. The fourth-order valence-corrected chi connectivity index (χ4v) is 4.26. The van der Waals surface area contributed by atoms with Gasteiger partial charge >= 0.3 is 6.18 Å². The molecular weight excluding hydrogens is 377 g/mol. The first kappa shape index (κ1) is 19.9. The Bertz CT molecular complexity index is 942. The van der Waals surface area contributed by atoms with Crippen molar-refractivity contribution in [3.8, 4) is 0 Å². The lowest BCUT2D eigenvalue weighted by atomic mass is 9.86. The molecule has 2 heterocycles. The van der Waals surface area contributed by atoms with Crippen molar-refractivity contribution in [3.63, 3.8) is 0 Å². The van der Waals surface area contributed by atoms with E-state index in [1.807, 2.05) is 28.9 Å². The van der Waals surface area contributed by atoms with Crippen LogP contribution in [0, 0.1) is 0 Å². The van der Waals surface area contributed by atoms with Gasteiger partial charge in [0.1, 0.15) is 5.52 Å². The molecule has 154 valence electrons. The average molecular weight is 402 g/mol. The molecule has 29 heavy (non-hydrogen) atoms. The molecule has 3 aromatic rings. The van der Waals surface area contributed by atoms with Crippen molar-refractivity contribution in [2.24, 2.45) is 0 Å². The van der Waals surface area contributed by atoms with Crippen LogP contribution in [0.15, 0.2) is 48.5 Å². The van der Waals surface area contributed by atoms with Crippen LogP contribution in [0.4, 0.5) is 13.2 Å². The largest absolute Gasteiger partial charge is 0.416 e. The van der Waals surface area contributed by atoms with E-state index >= 15 is 0 Å². The minimum absolute atomic E-state index is 0.00871. The van der Waals surface area contributed by atoms with Crippen molar-refractivity contribution in [2.45, 2.75) is 44.3 Å². The predicted molar refractivity (Wildman–Crippen MR) is 107 cm³/mol. The van der Waals surface area contributed by atoms with E-state index in [4.69, 9.17) is 0 Å². The Hall–Kier alpha value is -2.41. The Morgan fingerprint density at radius 2 is 1.59 bits per heavy atom. The highest BCUT2D eigenvalue weighted by Gasteiger charge is 2.35. The molecule has 2 aromatic carbocycles. The number of fused-ring (bicyclic) bond motifs is 1. The van der Waals surface area contributed by atoms with Crippen LogP contribution in [0.3, 0.4) is 0 Å². The first-order valence-corrected chi connectivity index (χ1v) is 10.2. The number of halogens is 3. The third kappa shape index (κ3) is 4.61. The van der Waals surface area contributed by atoms with Gasteiger partial charge < -0.3 is 4.90 Å². The molecule has 7 heteroatoms. The van der Waals surface area contributed by atoms with E-state index in [0.717, 1.165) is 62.9 Å². The molecule has 1 aliphatic heterocycles. The molecule has 1 saturated heterocycles. The van der Waals surface area contributed by atoms with Gasteiger partial charge in [-0.15, -0.1) is 5.10 Å². The van der Waals surface area contributed by atoms with Crippen molar-refractivity contribution in [3.05, 3.63) is 59.7 Å². The molecule has 0 aliphatic carbocycles. The summed E-state index contributed by atoms with van der Waals surface area (Å²) in [5.74, 6) is -0.00871. The second-order valence-electron chi connectivity index (χ2n) is 7.71. The van der Waals surface area contributed by atoms with Crippen LogP contribution in [0.5, 0.6) is 0 Å². The van der Waals surface area contributed by atoms with Gasteiger partial charge in [0.2, 0.25) is 0 Å². The van der Waals surface area contributed by atoms with E-state index < -0.39 is 11.7 Å². The molecule has 0 saturated carbocycles. The second-order valence-corrected chi connectivity index (χ2v) is 7.71. The van der Waals surface area contributed by atoms with Crippen molar-refractivity contribution in [1.29, 1.82) is 0 Å². The number of likely N-dealkylation sites (tertiary alicyclic amines) is 1. The molecule has 0 radical (unpaired) electrons. The van der Waals surface area contributed by atoms with Gasteiger partial charge in [-0.3, -0.25) is 0 Å². The quantitative estimate of drug-likeness (QED) is 0.538. The van der Waals surface area contributed by atoms with E-state index in [0.29, 0.717) is 5.56 Å². The van der Waals surface area contributed by atoms with Crippen LogP contribution in [0.1, 0.15) is 42.7 Å². The van der Waals surface area contributed by atoms with Crippen LogP contribution in [-0.2, 0) is 12.7 Å². The zero-order valence-corrected chi connectivity index (χ0v) is 16.3. The topological polar surface area (TPSA) is 34.0 Å². The van der Waals surface area contributed by atoms with Gasteiger partial charge in [-0.1, -0.05) is 35.5 Å². The Labute approximate surface area is 168 Å². The van der Waals surface area contributed by atoms with Gasteiger partial charge in [0.15, 0.2) is 0 Å². The molecule has 0 unspecified atom stereocenters. The summed E-state index contributed by atoms with van der Waals surface area (Å²) < 4.78 is 41.8. The zero-order chi connectivity index (χ0) is 20.3. The summed E-state index contributed by atoms with van der Waals surface area (Å²) in [4.78, 5) is 2.37. The Morgan fingerprint density at radius 3 is 2.38 bits per heavy atom. The molecule has 0 atom stereocenters. The van der Waals surface area contributed by atoms with Gasteiger partial charge in [0, 0.05) is 6.54 Å². The van der Waals surface area contributed by atoms with Crippen LogP contribution < -0.4 is 0 Å². The molecule has 0 N–H and O–H groups in total. The van der Waals surface area contributed by atoms with Gasteiger partial charge in [0.25, 0.3) is 0 Å². The normalized spacial score (nSPS) is 16.5. The third-order valence-electron chi connectivity index (χ3n) is 5.81. The fourth-order valence-electron chi connectivity index (χ4n) is 4.26. The van der Waals surface area contributed by atoms with Crippen LogP contribution in [0.25, 0.3) is 11.0 Å². The van der Waals surface area contributed by atoms with E-state index in [9.17, 15) is 13.2 Å². The number of unbranched alkanes of at least 4 members (excludes halogenated alkanes) is 1. The van der Waals surface area contributed by atoms with Crippen LogP contribution in [0.2, 0.25) is 0 Å². The van der Waals surface area contributed by atoms with E-state index in [1.165, 1.54) is 12.1 Å². The molecule has 4 rings (SSSR count). The van der Waals surface area contributed by atoms with Crippen molar-refractivity contribution in [2.75, 3.05) is 19.6 Å². The van der Waals surface area contributed by atoms with Crippen molar-refractivity contribution >= 4 is 11.0 Å². The Morgan fingerprint density at radius 1 is 0.897 bits per heavy atom. The van der Waals surface area contributed by atoms with Gasteiger partial charge in [-0.05, 0) is 75.0 Å². The summed E-state index contributed by atoms with van der Waals surface area (Å²) in [6.07, 6.45) is -0.678. The third-order valence-corrected chi connectivity index (χ3v) is 5.81. The van der Waals surface area contributed by atoms with E-state index in [-0.39, 0.29) is 5.92 Å². The highest BCUT2D eigenvalue weighted by molar-refractivity contribution is 5.73. The maximum absolute atomic E-state index is 13.3. The summed E-state index contributed by atoms with van der Waals surface area (Å²) in [6.45, 7) is 3.50. The number of nitrogens with zero attached hydrogens (tertiary/aromatic N) is 4. The maximum Gasteiger partial charge on any atom is 0.416 e. The van der Waals surface area contributed by atoms with Crippen molar-refractivity contribution in [1.82, 2.24) is 19.9 Å². The number of hydrogen-bond donors (Lipinski definition) is 0. The summed E-state index contributed by atoms with van der Waals surface area (Å²) in [5, 5.41) is 8.38. The highest BCUT2D eigenvalue weighted by atomic mass is 19.4. The molecule has 1 aromatic heterocycles. The number of benzene rings is 2. The Balaban J connectivity index is 1.25. The predicted octanol–water partition coefficient (Wildman–Crippen LogP) is 5.11. The Kier molecular flexibility index (Phi) is 5.85. The SMILES string of the molecule is FC(F)(F)c1ccccc1C1CCN(CCCCn2nnc3ccccc32)CC1. The van der Waals surface area contributed by atoms with Crippen molar-refractivity contribution < 1.29 is 13.2 Å². The fraction of sp³-hybridized carbons (Fsp3) is 0.455. The van der Waals surface area contributed by atoms with Gasteiger partial charge in [-0.2, -0.15) is 13.2 Å². The summed E-state index contributed by atoms with van der Waals surface area (Å²) in [5.41, 5.74) is 1.95. The summed E-state index contributed by atoms with van der Waals surface area (Å²) in [7, 11) is 0. The summed E-state index contributed by atoms with van der Waals surface area (Å²) >= 11 is 0. The molecule has 0 amide bonds. The number of rotatable bonds is 6. The molecule has 0 spiro atoms. The molecular formula is C22H25F3N4. The molecule has 1 aliphatic rings. The molecule has 1 fully saturated rings. The van der Waals surface area contributed by atoms with Crippen LogP contribution in [-0.4, -0.2) is 39.5 Å². The zero-order valence-electron chi connectivity index (χ0n) is 16.3. The lowest BCUT2D eigenvalue weighted by molar-refractivity contribution is -0.138. The molecule has 4 nitrogen and oxygen atoms in total.